The van der Waals surface area contributed by atoms with Crippen LogP contribution < -0.4 is 0 Å². The lowest BCUT2D eigenvalue weighted by Gasteiger charge is -2.24. The van der Waals surface area contributed by atoms with E-state index in [9.17, 15) is 4.79 Å². The highest BCUT2D eigenvalue weighted by molar-refractivity contribution is 5.80. The molecule has 0 spiro atoms. The molecule has 1 nitrogen and oxygen atoms in total. The van der Waals surface area contributed by atoms with E-state index in [0.717, 1.165) is 12.8 Å². The van der Waals surface area contributed by atoms with Gasteiger partial charge in [-0.15, -0.1) is 0 Å². The van der Waals surface area contributed by atoms with Crippen molar-refractivity contribution in [3.05, 3.63) is 35.5 Å². The molecule has 104 valence electrons. The van der Waals surface area contributed by atoms with E-state index in [0.29, 0.717) is 23.5 Å². The van der Waals surface area contributed by atoms with Gasteiger partial charge in [0.15, 0.2) is 0 Å². The highest BCUT2D eigenvalue weighted by Crippen LogP contribution is 2.49. The molecule has 1 saturated carbocycles. The summed E-state index contributed by atoms with van der Waals surface area (Å²) >= 11 is 0. The van der Waals surface area contributed by atoms with Crippen molar-refractivity contribution < 1.29 is 4.79 Å². The smallest absolute Gasteiger partial charge is 0.134 e. The summed E-state index contributed by atoms with van der Waals surface area (Å²) in [6.07, 6.45) is 12.7. The number of carbonyl (C=O) groups is 1. The molecule has 0 aromatic rings. The van der Waals surface area contributed by atoms with Crippen LogP contribution >= 0.6 is 0 Å². The van der Waals surface area contributed by atoms with Crippen LogP contribution in [0.2, 0.25) is 0 Å². The van der Waals surface area contributed by atoms with Crippen molar-refractivity contribution in [2.75, 3.05) is 0 Å². The maximum atomic E-state index is 11.9. The molecule has 1 fully saturated rings. The Balaban J connectivity index is 2.02. The van der Waals surface area contributed by atoms with Crippen LogP contribution in [0, 0.1) is 23.7 Å². The molecular formula is C18H26O. The predicted octanol–water partition coefficient (Wildman–Crippen LogP) is 4.71. The van der Waals surface area contributed by atoms with Gasteiger partial charge in [0.05, 0.1) is 0 Å². The Morgan fingerprint density at radius 1 is 1.16 bits per heavy atom. The highest BCUT2D eigenvalue weighted by Gasteiger charge is 2.45. The number of allylic oxidation sites excluding steroid dienone is 6. The summed E-state index contributed by atoms with van der Waals surface area (Å²) in [4.78, 5) is 11.9. The number of carbonyl (C=O) groups excluding carboxylic acids is 1. The first kappa shape index (κ1) is 14.3. The molecule has 2 aliphatic rings. The second-order valence-electron chi connectivity index (χ2n) is 6.50. The minimum atomic E-state index is 0.244. The van der Waals surface area contributed by atoms with Crippen LogP contribution in [-0.4, -0.2) is 5.78 Å². The number of fused-ring (bicyclic) bond motifs is 2. The number of ketones is 1. The molecule has 0 unspecified atom stereocenters. The molecule has 0 aliphatic heterocycles. The SMILES string of the molecule is CC(=O)[C@@H]1[C@@H](/C=C(\C)CCC=C(C)C)[C@@H]2C=C[C@H]1C2. The van der Waals surface area contributed by atoms with Gasteiger partial charge in [-0.3, -0.25) is 4.79 Å². The molecule has 0 amide bonds. The highest BCUT2D eigenvalue weighted by atomic mass is 16.1. The van der Waals surface area contributed by atoms with E-state index in [1.54, 1.807) is 6.92 Å². The maximum absolute atomic E-state index is 11.9. The average Bonchev–Trinajstić information content (AvgIpc) is 2.88. The molecular weight excluding hydrogens is 232 g/mol. The monoisotopic (exact) mass is 258 g/mol. The minimum Gasteiger partial charge on any atom is -0.300 e. The molecule has 0 heterocycles. The third-order valence-corrected chi connectivity index (χ3v) is 4.56. The fraction of sp³-hybridized carbons (Fsp3) is 0.611. The van der Waals surface area contributed by atoms with E-state index in [1.165, 1.54) is 17.6 Å². The summed E-state index contributed by atoms with van der Waals surface area (Å²) in [7, 11) is 0. The molecule has 0 radical (unpaired) electrons. The fourth-order valence-electron chi connectivity index (χ4n) is 3.66. The molecule has 0 aromatic carbocycles. The van der Waals surface area contributed by atoms with Gasteiger partial charge in [0.2, 0.25) is 0 Å². The zero-order valence-electron chi connectivity index (χ0n) is 12.6. The van der Waals surface area contributed by atoms with E-state index in [2.05, 4.69) is 45.1 Å². The largest absolute Gasteiger partial charge is 0.300 e. The first-order valence-electron chi connectivity index (χ1n) is 7.48. The number of rotatable bonds is 5. The molecule has 2 rings (SSSR count). The quantitative estimate of drug-likeness (QED) is 0.653. The van der Waals surface area contributed by atoms with Gasteiger partial charge in [-0.05, 0) is 64.7 Å². The van der Waals surface area contributed by atoms with Gasteiger partial charge in [-0.2, -0.15) is 0 Å². The van der Waals surface area contributed by atoms with Crippen LogP contribution in [0.4, 0.5) is 0 Å². The molecule has 0 aromatic heterocycles. The van der Waals surface area contributed by atoms with Gasteiger partial charge in [-0.25, -0.2) is 0 Å². The third-order valence-electron chi connectivity index (χ3n) is 4.56. The second kappa shape index (κ2) is 5.90. The van der Waals surface area contributed by atoms with Crippen molar-refractivity contribution in [3.63, 3.8) is 0 Å². The van der Waals surface area contributed by atoms with Crippen molar-refractivity contribution in [2.24, 2.45) is 23.7 Å². The fourth-order valence-corrected chi connectivity index (χ4v) is 3.66. The molecule has 0 N–H and O–H groups in total. The van der Waals surface area contributed by atoms with Crippen molar-refractivity contribution >= 4 is 5.78 Å². The van der Waals surface area contributed by atoms with Crippen molar-refractivity contribution in [2.45, 2.75) is 47.0 Å². The first-order chi connectivity index (χ1) is 8.99. The summed E-state index contributed by atoms with van der Waals surface area (Å²) in [5.74, 6) is 2.19. The molecule has 19 heavy (non-hydrogen) atoms. The minimum absolute atomic E-state index is 0.244. The van der Waals surface area contributed by atoms with E-state index >= 15 is 0 Å². The Hall–Kier alpha value is -1.11. The Morgan fingerprint density at radius 3 is 2.47 bits per heavy atom. The van der Waals surface area contributed by atoms with Crippen LogP contribution in [0.15, 0.2) is 35.5 Å². The summed E-state index contributed by atoms with van der Waals surface area (Å²) in [5.41, 5.74) is 2.83. The van der Waals surface area contributed by atoms with E-state index in [1.807, 2.05) is 0 Å². The van der Waals surface area contributed by atoms with Crippen molar-refractivity contribution in [1.82, 2.24) is 0 Å². The van der Waals surface area contributed by atoms with E-state index in [4.69, 9.17) is 0 Å². The lowest BCUT2D eigenvalue weighted by molar-refractivity contribution is -0.122. The second-order valence-corrected chi connectivity index (χ2v) is 6.50. The van der Waals surface area contributed by atoms with Gasteiger partial charge in [-0.1, -0.05) is 35.5 Å². The summed E-state index contributed by atoms with van der Waals surface area (Å²) in [5, 5.41) is 0. The molecule has 2 bridgehead atoms. The standard InChI is InChI=1S/C18H26O/c1-12(2)6-5-7-13(3)10-17-15-8-9-16(11-15)18(17)14(4)19/h6,8-10,15-18H,5,7,11H2,1-4H3/b13-10+/t15-,16+,17+,18+/m1/s1. The normalized spacial score (nSPS) is 32.7. The first-order valence-corrected chi connectivity index (χ1v) is 7.48. The zero-order chi connectivity index (χ0) is 14.0. The molecule has 1 heteroatoms. The molecule has 4 atom stereocenters. The van der Waals surface area contributed by atoms with Crippen LogP contribution in [0.3, 0.4) is 0 Å². The Morgan fingerprint density at radius 2 is 1.84 bits per heavy atom. The van der Waals surface area contributed by atoms with Crippen LogP contribution in [-0.2, 0) is 4.79 Å². The third kappa shape index (κ3) is 3.26. The Bertz CT molecular complexity index is 435. The Kier molecular flexibility index (Phi) is 4.44. The van der Waals surface area contributed by atoms with E-state index in [-0.39, 0.29) is 5.92 Å². The van der Waals surface area contributed by atoms with Gasteiger partial charge < -0.3 is 0 Å². The predicted molar refractivity (Wildman–Crippen MR) is 80.8 cm³/mol. The zero-order valence-corrected chi connectivity index (χ0v) is 12.6. The maximum Gasteiger partial charge on any atom is 0.134 e. The summed E-state index contributed by atoms with van der Waals surface area (Å²) in [6, 6.07) is 0. The van der Waals surface area contributed by atoms with Gasteiger partial charge in [0, 0.05) is 5.92 Å². The average molecular weight is 258 g/mol. The number of Topliss-reactive ketones (excluding diaryl/α,β-unsaturated/α-hetero) is 1. The van der Waals surface area contributed by atoms with E-state index < -0.39 is 0 Å². The summed E-state index contributed by atoms with van der Waals surface area (Å²) < 4.78 is 0. The van der Waals surface area contributed by atoms with Gasteiger partial charge in [0.25, 0.3) is 0 Å². The summed E-state index contributed by atoms with van der Waals surface area (Å²) in [6.45, 7) is 8.27. The number of hydrogen-bond donors (Lipinski definition) is 0. The van der Waals surface area contributed by atoms with Crippen molar-refractivity contribution in [1.29, 1.82) is 0 Å². The lowest BCUT2D eigenvalue weighted by Crippen LogP contribution is -2.24. The molecule has 2 aliphatic carbocycles. The topological polar surface area (TPSA) is 17.1 Å². The van der Waals surface area contributed by atoms with Crippen LogP contribution in [0.1, 0.15) is 47.0 Å². The van der Waals surface area contributed by atoms with Crippen molar-refractivity contribution in [3.8, 4) is 0 Å². The van der Waals surface area contributed by atoms with Gasteiger partial charge in [0.1, 0.15) is 5.78 Å². The molecule has 0 saturated heterocycles. The van der Waals surface area contributed by atoms with Crippen LogP contribution in [0.25, 0.3) is 0 Å². The number of hydrogen-bond acceptors (Lipinski definition) is 1. The lowest BCUT2D eigenvalue weighted by atomic mass is 9.79. The van der Waals surface area contributed by atoms with Crippen LogP contribution in [0.5, 0.6) is 0 Å². The Labute approximate surface area is 117 Å². The van der Waals surface area contributed by atoms with Gasteiger partial charge >= 0.3 is 0 Å².